The fraction of sp³-hybridized carbons (Fsp3) is 1.00. The molecule has 3 nitrogen and oxygen atoms in total. The Morgan fingerprint density at radius 3 is 1.53 bits per heavy atom. The summed E-state index contributed by atoms with van der Waals surface area (Å²) in [6.07, 6.45) is 5.26. The van der Waals surface area contributed by atoms with E-state index in [1.54, 1.807) is 0 Å². The van der Waals surface area contributed by atoms with Crippen LogP contribution in [0.3, 0.4) is 0 Å². The maximum Gasteiger partial charge on any atom is 0.0558 e. The molecular weight excluding hydrogens is 212 g/mol. The molecule has 0 saturated carbocycles. The van der Waals surface area contributed by atoms with Gasteiger partial charge in [-0.25, -0.2) is 0 Å². The van der Waals surface area contributed by atoms with Crippen molar-refractivity contribution in [3.8, 4) is 0 Å². The normalized spacial score (nSPS) is 11.6. The molecule has 3 heteroatoms. The molecular formula is C14H32N2O. The van der Waals surface area contributed by atoms with Crippen molar-refractivity contribution in [2.75, 3.05) is 45.9 Å². The van der Waals surface area contributed by atoms with Gasteiger partial charge in [0.15, 0.2) is 0 Å². The summed E-state index contributed by atoms with van der Waals surface area (Å²) in [4.78, 5) is 4.81. The Bertz CT molecular complexity index is 149. The summed E-state index contributed by atoms with van der Waals surface area (Å²) in [5.41, 5.74) is 0. The van der Waals surface area contributed by atoms with Gasteiger partial charge in [0.2, 0.25) is 0 Å². The molecule has 0 aliphatic carbocycles. The second kappa shape index (κ2) is 12.3. The van der Waals surface area contributed by atoms with E-state index in [9.17, 15) is 0 Å². The topological polar surface area (TPSA) is 26.7 Å². The standard InChI is InChI=1S/C14H32N2O/c1-4-15(5-2)11-9-7-8-10-12-16(6-3)13-14-17/h17H,4-14H2,1-3H3. The Morgan fingerprint density at radius 1 is 0.647 bits per heavy atom. The first kappa shape index (κ1) is 16.9. The van der Waals surface area contributed by atoms with Crippen LogP contribution in [-0.2, 0) is 0 Å². The number of likely N-dealkylation sites (N-methyl/N-ethyl adjacent to an activating group) is 1. The number of unbranched alkanes of at least 4 members (excludes halogenated alkanes) is 3. The number of hydrogen-bond donors (Lipinski definition) is 1. The van der Waals surface area contributed by atoms with E-state index in [0.29, 0.717) is 0 Å². The number of aliphatic hydroxyl groups excluding tert-OH is 1. The van der Waals surface area contributed by atoms with Crippen LogP contribution in [0.5, 0.6) is 0 Å². The lowest BCUT2D eigenvalue weighted by Crippen LogP contribution is -2.27. The zero-order valence-electron chi connectivity index (χ0n) is 12.1. The first-order valence-electron chi connectivity index (χ1n) is 7.33. The molecule has 0 atom stereocenters. The minimum atomic E-state index is 0.288. The maximum atomic E-state index is 8.88. The zero-order chi connectivity index (χ0) is 12.9. The zero-order valence-corrected chi connectivity index (χ0v) is 12.1. The van der Waals surface area contributed by atoms with Crippen LogP contribution >= 0.6 is 0 Å². The largest absolute Gasteiger partial charge is 0.395 e. The molecule has 0 bridgehead atoms. The van der Waals surface area contributed by atoms with Gasteiger partial charge in [0.1, 0.15) is 0 Å². The van der Waals surface area contributed by atoms with Crippen LogP contribution in [-0.4, -0.2) is 60.8 Å². The predicted octanol–water partition coefficient (Wildman–Crippen LogP) is 2.20. The fourth-order valence-electron chi connectivity index (χ4n) is 2.13. The highest BCUT2D eigenvalue weighted by Gasteiger charge is 2.01. The van der Waals surface area contributed by atoms with Gasteiger partial charge in [0.05, 0.1) is 6.61 Å². The van der Waals surface area contributed by atoms with E-state index in [4.69, 9.17) is 5.11 Å². The Balaban J connectivity index is 3.33. The molecule has 0 heterocycles. The Kier molecular flexibility index (Phi) is 12.3. The quantitative estimate of drug-likeness (QED) is 0.533. The van der Waals surface area contributed by atoms with E-state index in [0.717, 1.165) is 19.6 Å². The van der Waals surface area contributed by atoms with Crippen molar-refractivity contribution in [2.24, 2.45) is 0 Å². The fourth-order valence-corrected chi connectivity index (χ4v) is 2.13. The van der Waals surface area contributed by atoms with Crippen LogP contribution in [0.1, 0.15) is 46.5 Å². The molecule has 17 heavy (non-hydrogen) atoms. The van der Waals surface area contributed by atoms with Crippen LogP contribution < -0.4 is 0 Å². The number of aliphatic hydroxyl groups is 1. The summed E-state index contributed by atoms with van der Waals surface area (Å²) in [6.45, 7) is 13.5. The van der Waals surface area contributed by atoms with Crippen molar-refractivity contribution in [1.29, 1.82) is 0 Å². The summed E-state index contributed by atoms with van der Waals surface area (Å²) in [6, 6.07) is 0. The molecule has 0 radical (unpaired) electrons. The molecule has 0 unspecified atom stereocenters. The predicted molar refractivity (Wildman–Crippen MR) is 75.5 cm³/mol. The van der Waals surface area contributed by atoms with E-state index >= 15 is 0 Å². The van der Waals surface area contributed by atoms with Gasteiger partial charge in [0, 0.05) is 6.54 Å². The molecule has 0 fully saturated rings. The molecule has 0 aliphatic heterocycles. The lowest BCUT2D eigenvalue weighted by atomic mass is 10.2. The van der Waals surface area contributed by atoms with Crippen molar-refractivity contribution in [3.63, 3.8) is 0 Å². The molecule has 1 N–H and O–H groups in total. The van der Waals surface area contributed by atoms with Crippen molar-refractivity contribution in [3.05, 3.63) is 0 Å². The van der Waals surface area contributed by atoms with Crippen molar-refractivity contribution < 1.29 is 5.11 Å². The minimum absolute atomic E-state index is 0.288. The third kappa shape index (κ3) is 9.57. The summed E-state index contributed by atoms with van der Waals surface area (Å²) in [5.74, 6) is 0. The van der Waals surface area contributed by atoms with Crippen LogP contribution in [0, 0.1) is 0 Å². The molecule has 0 aromatic heterocycles. The summed E-state index contributed by atoms with van der Waals surface area (Å²) in [5, 5.41) is 8.88. The van der Waals surface area contributed by atoms with Crippen LogP contribution in [0.15, 0.2) is 0 Å². The molecule has 0 aromatic rings. The van der Waals surface area contributed by atoms with Crippen molar-refractivity contribution >= 4 is 0 Å². The van der Waals surface area contributed by atoms with Crippen LogP contribution in [0.25, 0.3) is 0 Å². The average Bonchev–Trinajstić information content (AvgIpc) is 2.36. The second-order valence-corrected chi connectivity index (χ2v) is 4.60. The van der Waals surface area contributed by atoms with Gasteiger partial charge >= 0.3 is 0 Å². The van der Waals surface area contributed by atoms with Gasteiger partial charge in [0.25, 0.3) is 0 Å². The van der Waals surface area contributed by atoms with Gasteiger partial charge in [-0.3, -0.25) is 0 Å². The molecule has 0 amide bonds. The van der Waals surface area contributed by atoms with E-state index < -0.39 is 0 Å². The van der Waals surface area contributed by atoms with E-state index in [1.807, 2.05) is 0 Å². The van der Waals surface area contributed by atoms with Gasteiger partial charge in [-0.2, -0.15) is 0 Å². The molecule has 104 valence electrons. The van der Waals surface area contributed by atoms with Crippen LogP contribution in [0.4, 0.5) is 0 Å². The van der Waals surface area contributed by atoms with Gasteiger partial charge in [-0.05, 0) is 45.6 Å². The second-order valence-electron chi connectivity index (χ2n) is 4.60. The van der Waals surface area contributed by atoms with E-state index in [-0.39, 0.29) is 6.61 Å². The van der Waals surface area contributed by atoms with E-state index in [1.165, 1.54) is 45.3 Å². The number of hydrogen-bond acceptors (Lipinski definition) is 3. The Labute approximate surface area is 108 Å². The SMILES string of the molecule is CCN(CC)CCCCCCN(CC)CCO. The van der Waals surface area contributed by atoms with E-state index in [2.05, 4.69) is 30.6 Å². The number of nitrogens with zero attached hydrogens (tertiary/aromatic N) is 2. The minimum Gasteiger partial charge on any atom is -0.395 e. The highest BCUT2D eigenvalue weighted by atomic mass is 16.3. The van der Waals surface area contributed by atoms with Crippen molar-refractivity contribution in [1.82, 2.24) is 9.80 Å². The summed E-state index contributed by atoms with van der Waals surface area (Å²) < 4.78 is 0. The van der Waals surface area contributed by atoms with Gasteiger partial charge in [-0.1, -0.05) is 33.6 Å². The third-order valence-electron chi connectivity index (χ3n) is 3.46. The Morgan fingerprint density at radius 2 is 1.12 bits per heavy atom. The molecule has 0 aliphatic rings. The summed E-state index contributed by atoms with van der Waals surface area (Å²) >= 11 is 0. The molecule has 0 spiro atoms. The lowest BCUT2D eigenvalue weighted by molar-refractivity contribution is 0.199. The monoisotopic (exact) mass is 244 g/mol. The maximum absolute atomic E-state index is 8.88. The third-order valence-corrected chi connectivity index (χ3v) is 3.46. The first-order chi connectivity index (χ1) is 8.28. The molecule has 0 saturated heterocycles. The highest BCUT2D eigenvalue weighted by molar-refractivity contribution is 4.56. The summed E-state index contributed by atoms with van der Waals surface area (Å²) in [7, 11) is 0. The average molecular weight is 244 g/mol. The molecule has 0 rings (SSSR count). The smallest absolute Gasteiger partial charge is 0.0558 e. The Hall–Kier alpha value is -0.120. The highest BCUT2D eigenvalue weighted by Crippen LogP contribution is 2.03. The van der Waals surface area contributed by atoms with Gasteiger partial charge in [-0.15, -0.1) is 0 Å². The van der Waals surface area contributed by atoms with Gasteiger partial charge < -0.3 is 14.9 Å². The van der Waals surface area contributed by atoms with Crippen molar-refractivity contribution in [2.45, 2.75) is 46.5 Å². The first-order valence-corrected chi connectivity index (χ1v) is 7.33. The number of rotatable bonds is 12. The van der Waals surface area contributed by atoms with Crippen LogP contribution in [0.2, 0.25) is 0 Å². The lowest BCUT2D eigenvalue weighted by Gasteiger charge is -2.19. The molecule has 0 aromatic carbocycles.